The lowest BCUT2D eigenvalue weighted by molar-refractivity contribution is 0.0396. The van der Waals surface area contributed by atoms with E-state index in [4.69, 9.17) is 9.73 Å². The van der Waals surface area contributed by atoms with Gasteiger partial charge in [-0.3, -0.25) is 4.99 Å². The van der Waals surface area contributed by atoms with Crippen molar-refractivity contribution < 1.29 is 4.74 Å². The van der Waals surface area contributed by atoms with Gasteiger partial charge in [-0.25, -0.2) is 0 Å². The molecule has 1 aromatic carbocycles. The van der Waals surface area contributed by atoms with Crippen molar-refractivity contribution in [2.24, 2.45) is 4.99 Å². The normalized spacial score (nSPS) is 23.7. The summed E-state index contributed by atoms with van der Waals surface area (Å²) in [5.41, 5.74) is 1.27. The third-order valence-corrected chi connectivity index (χ3v) is 7.08. The molecule has 2 aliphatic heterocycles. The number of fused-ring (bicyclic) bond motifs is 1. The van der Waals surface area contributed by atoms with Crippen molar-refractivity contribution >= 4 is 29.9 Å². The summed E-state index contributed by atoms with van der Waals surface area (Å²) in [6.07, 6.45) is 8.28. The molecule has 1 saturated heterocycles. The molecular formula is C25H42IN5O. The third kappa shape index (κ3) is 6.73. The number of halogens is 1. The minimum atomic E-state index is 0. The van der Waals surface area contributed by atoms with Gasteiger partial charge < -0.3 is 25.2 Å². The highest BCUT2D eigenvalue weighted by Crippen LogP contribution is 2.46. The van der Waals surface area contributed by atoms with Gasteiger partial charge in [-0.1, -0.05) is 18.2 Å². The summed E-state index contributed by atoms with van der Waals surface area (Å²) in [4.78, 5) is 9.97. The van der Waals surface area contributed by atoms with Crippen LogP contribution in [0.3, 0.4) is 0 Å². The van der Waals surface area contributed by atoms with Crippen molar-refractivity contribution in [2.45, 2.75) is 63.5 Å². The summed E-state index contributed by atoms with van der Waals surface area (Å²) in [7, 11) is 2.23. The Morgan fingerprint density at radius 1 is 1.12 bits per heavy atom. The topological polar surface area (TPSA) is 52.1 Å². The Hall–Kier alpha value is -1.06. The van der Waals surface area contributed by atoms with Crippen molar-refractivity contribution in [3.05, 3.63) is 29.8 Å². The summed E-state index contributed by atoms with van der Waals surface area (Å²) >= 11 is 0. The second kappa shape index (κ2) is 12.4. The lowest BCUT2D eigenvalue weighted by Crippen LogP contribution is -2.46. The number of para-hydroxylation sites is 1. The van der Waals surface area contributed by atoms with Crippen LogP contribution in [0.1, 0.15) is 63.5 Å². The molecule has 2 heterocycles. The van der Waals surface area contributed by atoms with E-state index in [2.05, 4.69) is 58.7 Å². The number of hydrogen-bond donors (Lipinski definition) is 2. The largest absolute Gasteiger partial charge is 0.487 e. The maximum atomic E-state index is 6.53. The maximum absolute atomic E-state index is 6.53. The van der Waals surface area contributed by atoms with Crippen molar-refractivity contribution in [3.63, 3.8) is 0 Å². The Morgan fingerprint density at radius 2 is 1.94 bits per heavy atom. The highest BCUT2D eigenvalue weighted by Gasteiger charge is 2.43. The van der Waals surface area contributed by atoms with Crippen LogP contribution in [0.15, 0.2) is 29.3 Å². The van der Waals surface area contributed by atoms with E-state index < -0.39 is 0 Å². The zero-order valence-corrected chi connectivity index (χ0v) is 22.3. The highest BCUT2D eigenvalue weighted by atomic mass is 127. The number of ether oxygens (including phenoxy) is 1. The number of hydrogen-bond acceptors (Lipinski definition) is 4. The van der Waals surface area contributed by atoms with Crippen molar-refractivity contribution in [1.29, 1.82) is 0 Å². The Bertz CT molecular complexity index is 737. The van der Waals surface area contributed by atoms with Crippen LogP contribution in [0.25, 0.3) is 0 Å². The molecule has 0 amide bonds. The molecule has 1 unspecified atom stereocenters. The van der Waals surface area contributed by atoms with Gasteiger partial charge in [-0.05, 0) is 78.2 Å². The average molecular weight is 556 g/mol. The van der Waals surface area contributed by atoms with Gasteiger partial charge in [-0.2, -0.15) is 0 Å². The summed E-state index contributed by atoms with van der Waals surface area (Å²) in [6.45, 7) is 9.81. The summed E-state index contributed by atoms with van der Waals surface area (Å²) in [6, 6.07) is 8.79. The van der Waals surface area contributed by atoms with Crippen LogP contribution < -0.4 is 15.4 Å². The number of likely N-dealkylation sites (N-methyl/N-ethyl adjacent to an activating group) is 1. The molecule has 32 heavy (non-hydrogen) atoms. The van der Waals surface area contributed by atoms with Gasteiger partial charge in [-0.15, -0.1) is 24.0 Å². The number of aliphatic imine (C=N–C) groups is 1. The fourth-order valence-corrected chi connectivity index (χ4v) is 5.37. The minimum Gasteiger partial charge on any atom is -0.487 e. The predicted octanol–water partition coefficient (Wildman–Crippen LogP) is 4.02. The number of nitrogens with one attached hydrogen (secondary N) is 2. The molecule has 0 bridgehead atoms. The van der Waals surface area contributed by atoms with E-state index in [0.717, 1.165) is 57.0 Å². The molecule has 4 rings (SSSR count). The smallest absolute Gasteiger partial charge is 0.191 e. The quantitative estimate of drug-likeness (QED) is 0.241. The molecule has 1 saturated carbocycles. The Morgan fingerprint density at radius 3 is 2.75 bits per heavy atom. The first-order valence-electron chi connectivity index (χ1n) is 12.4. The van der Waals surface area contributed by atoms with Crippen molar-refractivity contribution in [2.75, 3.05) is 52.9 Å². The first kappa shape index (κ1) is 25.6. The zero-order chi connectivity index (χ0) is 21.5. The van der Waals surface area contributed by atoms with Crippen LogP contribution in [-0.4, -0.2) is 74.2 Å². The summed E-state index contributed by atoms with van der Waals surface area (Å²) in [5, 5.41) is 7.23. The molecule has 0 aromatic heterocycles. The molecule has 0 radical (unpaired) electrons. The van der Waals surface area contributed by atoms with Crippen LogP contribution in [0.2, 0.25) is 0 Å². The highest BCUT2D eigenvalue weighted by molar-refractivity contribution is 14.0. The van der Waals surface area contributed by atoms with Crippen molar-refractivity contribution in [1.82, 2.24) is 20.4 Å². The number of nitrogens with zero attached hydrogens (tertiary/aromatic N) is 3. The van der Waals surface area contributed by atoms with Crippen LogP contribution in [0, 0.1) is 0 Å². The Balaban J connectivity index is 0.00000289. The first-order valence-corrected chi connectivity index (χ1v) is 12.4. The second-order valence-electron chi connectivity index (χ2n) is 9.54. The van der Waals surface area contributed by atoms with Crippen LogP contribution in [-0.2, 0) is 0 Å². The Labute approximate surface area is 211 Å². The average Bonchev–Trinajstić information content (AvgIpc) is 3.10. The molecule has 180 valence electrons. The SMILES string of the molecule is CCNC(=NCCCN1CCCN(C)CC1)NC1CC2(CCCC2)Oc2ccccc21.I. The number of benzene rings is 1. The molecule has 2 fully saturated rings. The fourth-order valence-electron chi connectivity index (χ4n) is 5.37. The molecule has 1 atom stereocenters. The fraction of sp³-hybridized carbons (Fsp3) is 0.720. The standard InChI is InChI=1S/C25H41N5O.HI/c1-3-26-24(27-14-8-16-30-17-9-15-29(2)18-19-30)28-22-20-25(12-6-7-13-25)31-23-11-5-4-10-21(22)23;/h4-5,10-11,22H,3,6-9,12-20H2,1-2H3,(H2,26,27,28);1H. The van der Waals surface area contributed by atoms with E-state index in [0.29, 0.717) is 0 Å². The predicted molar refractivity (Wildman–Crippen MR) is 143 cm³/mol. The lowest BCUT2D eigenvalue weighted by Gasteiger charge is -2.40. The van der Waals surface area contributed by atoms with Gasteiger partial charge in [0, 0.05) is 38.2 Å². The van der Waals surface area contributed by atoms with E-state index in [9.17, 15) is 0 Å². The molecule has 7 heteroatoms. The van der Waals surface area contributed by atoms with Crippen LogP contribution in [0.4, 0.5) is 0 Å². The van der Waals surface area contributed by atoms with Gasteiger partial charge in [0.1, 0.15) is 11.4 Å². The number of guanidine groups is 1. The molecule has 1 spiro atoms. The lowest BCUT2D eigenvalue weighted by atomic mass is 9.86. The van der Waals surface area contributed by atoms with E-state index in [-0.39, 0.29) is 35.6 Å². The molecule has 1 aliphatic carbocycles. The van der Waals surface area contributed by atoms with Crippen LogP contribution >= 0.6 is 24.0 Å². The summed E-state index contributed by atoms with van der Waals surface area (Å²) < 4.78 is 6.53. The number of rotatable bonds is 6. The first-order chi connectivity index (χ1) is 15.2. The van der Waals surface area contributed by atoms with E-state index in [1.807, 2.05) is 0 Å². The third-order valence-electron chi connectivity index (χ3n) is 7.08. The van der Waals surface area contributed by atoms with Gasteiger partial charge in [0.25, 0.3) is 0 Å². The van der Waals surface area contributed by atoms with Gasteiger partial charge in [0.2, 0.25) is 0 Å². The van der Waals surface area contributed by atoms with E-state index in [1.165, 1.54) is 51.0 Å². The van der Waals surface area contributed by atoms with Crippen molar-refractivity contribution in [3.8, 4) is 5.75 Å². The second-order valence-corrected chi connectivity index (χ2v) is 9.54. The van der Waals surface area contributed by atoms with Gasteiger partial charge in [0.05, 0.1) is 6.04 Å². The molecule has 2 N–H and O–H groups in total. The molecular weight excluding hydrogens is 513 g/mol. The summed E-state index contributed by atoms with van der Waals surface area (Å²) in [5.74, 6) is 1.99. The van der Waals surface area contributed by atoms with Crippen LogP contribution in [0.5, 0.6) is 5.75 Å². The van der Waals surface area contributed by atoms with E-state index in [1.54, 1.807) is 0 Å². The minimum absolute atomic E-state index is 0. The Kier molecular flexibility index (Phi) is 9.92. The van der Waals surface area contributed by atoms with E-state index >= 15 is 0 Å². The monoisotopic (exact) mass is 555 g/mol. The molecule has 6 nitrogen and oxygen atoms in total. The molecule has 1 aromatic rings. The molecule has 3 aliphatic rings. The van der Waals surface area contributed by atoms with Gasteiger partial charge in [0.15, 0.2) is 5.96 Å². The maximum Gasteiger partial charge on any atom is 0.191 e. The van der Waals surface area contributed by atoms with Gasteiger partial charge >= 0.3 is 0 Å². The zero-order valence-electron chi connectivity index (χ0n) is 19.9.